The summed E-state index contributed by atoms with van der Waals surface area (Å²) in [5, 5.41) is 25.4. The molecule has 0 aliphatic carbocycles. The summed E-state index contributed by atoms with van der Waals surface area (Å²) < 4.78 is 8.80. The summed E-state index contributed by atoms with van der Waals surface area (Å²) in [5.74, 6) is -1.08. The first-order valence-corrected chi connectivity index (χ1v) is 11.9. The molecule has 0 aromatic carbocycles. The number of primary amides is 1. The zero-order valence-corrected chi connectivity index (χ0v) is 21.5. The lowest BCUT2D eigenvalue weighted by atomic mass is 9.93. The van der Waals surface area contributed by atoms with Crippen molar-refractivity contribution in [3.8, 4) is 0 Å². The molecule has 0 aliphatic rings. The van der Waals surface area contributed by atoms with Crippen LogP contribution in [0, 0.1) is 5.92 Å². The SMILES string of the molecule is CC(C)[C@@H](C(N)=O)N(C=O)[C@H](Cn1cccc1)[C@H](O)[C@H](O)[C@H](Cn1cccc1)NC(=O)OC(C)(C)C. The van der Waals surface area contributed by atoms with Gasteiger partial charge in [0.05, 0.1) is 12.1 Å². The predicted octanol–water partition coefficient (Wildman–Crippen LogP) is 0.942. The molecule has 0 saturated carbocycles. The van der Waals surface area contributed by atoms with Gasteiger partial charge in [0.25, 0.3) is 0 Å². The molecular formula is C25H39N5O6. The number of aliphatic hydroxyl groups excluding tert-OH is 2. The van der Waals surface area contributed by atoms with Crippen LogP contribution in [0.5, 0.6) is 0 Å². The summed E-state index contributed by atoms with van der Waals surface area (Å²) in [6.07, 6.45) is 3.57. The number of aromatic nitrogens is 2. The van der Waals surface area contributed by atoms with Crippen LogP contribution in [0.2, 0.25) is 0 Å². The molecule has 2 aromatic rings. The minimum absolute atomic E-state index is 0.0726. The van der Waals surface area contributed by atoms with Gasteiger partial charge in [-0.05, 0) is 51.0 Å². The number of amides is 3. The number of ether oxygens (including phenoxy) is 1. The lowest BCUT2D eigenvalue weighted by Gasteiger charge is -2.41. The first kappa shape index (κ1) is 28.9. The van der Waals surface area contributed by atoms with Crippen LogP contribution in [-0.2, 0) is 27.4 Å². The Balaban J connectivity index is 2.41. The minimum atomic E-state index is -1.56. The molecule has 0 spiro atoms. The fourth-order valence-electron chi connectivity index (χ4n) is 4.14. The number of nitrogens with two attached hydrogens (primary N) is 1. The summed E-state index contributed by atoms with van der Waals surface area (Å²) in [6, 6.07) is 4.07. The van der Waals surface area contributed by atoms with Gasteiger partial charge in [-0.2, -0.15) is 0 Å². The van der Waals surface area contributed by atoms with Gasteiger partial charge in [0.1, 0.15) is 23.9 Å². The van der Waals surface area contributed by atoms with Gasteiger partial charge in [-0.3, -0.25) is 9.59 Å². The van der Waals surface area contributed by atoms with E-state index in [-0.39, 0.29) is 19.0 Å². The monoisotopic (exact) mass is 505 g/mol. The van der Waals surface area contributed by atoms with Gasteiger partial charge in [0, 0.05) is 37.9 Å². The van der Waals surface area contributed by atoms with Crippen LogP contribution >= 0.6 is 0 Å². The summed E-state index contributed by atoms with van der Waals surface area (Å²) >= 11 is 0. The van der Waals surface area contributed by atoms with Crippen molar-refractivity contribution in [1.82, 2.24) is 19.4 Å². The molecule has 2 aromatic heterocycles. The standard InChI is InChI=1S/C25H39N5O6/c1-17(2)20(23(26)34)30(16-31)19(15-29-12-8-9-13-29)22(33)21(32)18(14-28-10-6-7-11-28)27-24(35)36-25(3,4)5/h6-13,16-22,32-33H,14-15H2,1-5H3,(H2,26,34)(H,27,35)/t18-,19+,20-,21+,22-/m0/s1. The van der Waals surface area contributed by atoms with Crippen LogP contribution in [0.15, 0.2) is 49.1 Å². The van der Waals surface area contributed by atoms with Crippen molar-refractivity contribution >= 4 is 18.4 Å². The summed E-state index contributed by atoms with van der Waals surface area (Å²) in [4.78, 5) is 38.2. The van der Waals surface area contributed by atoms with Crippen molar-refractivity contribution in [2.75, 3.05) is 0 Å². The van der Waals surface area contributed by atoms with Crippen LogP contribution in [0.3, 0.4) is 0 Å². The van der Waals surface area contributed by atoms with Crippen LogP contribution in [-0.4, -0.2) is 78.6 Å². The Morgan fingerprint density at radius 3 is 1.92 bits per heavy atom. The average molecular weight is 506 g/mol. The van der Waals surface area contributed by atoms with E-state index in [1.54, 1.807) is 92.8 Å². The van der Waals surface area contributed by atoms with Crippen molar-refractivity contribution in [3.63, 3.8) is 0 Å². The second-order valence-electron chi connectivity index (χ2n) is 10.2. The number of aliphatic hydroxyl groups is 2. The molecule has 5 atom stereocenters. The Bertz CT molecular complexity index is 954. The van der Waals surface area contributed by atoms with Gasteiger partial charge in [-0.25, -0.2) is 4.79 Å². The molecule has 0 radical (unpaired) electrons. The molecule has 200 valence electrons. The molecule has 3 amide bonds. The molecule has 2 heterocycles. The van der Waals surface area contributed by atoms with Gasteiger partial charge in [0.15, 0.2) is 0 Å². The number of hydrogen-bond donors (Lipinski definition) is 4. The highest BCUT2D eigenvalue weighted by molar-refractivity contribution is 5.82. The smallest absolute Gasteiger partial charge is 0.408 e. The van der Waals surface area contributed by atoms with Crippen molar-refractivity contribution in [1.29, 1.82) is 0 Å². The van der Waals surface area contributed by atoms with E-state index < -0.39 is 47.9 Å². The molecule has 5 N–H and O–H groups in total. The Morgan fingerprint density at radius 2 is 1.50 bits per heavy atom. The highest BCUT2D eigenvalue weighted by atomic mass is 16.6. The van der Waals surface area contributed by atoms with Crippen LogP contribution in [0.25, 0.3) is 0 Å². The highest BCUT2D eigenvalue weighted by Crippen LogP contribution is 2.20. The molecule has 0 bridgehead atoms. The maximum absolute atomic E-state index is 12.6. The van der Waals surface area contributed by atoms with Crippen LogP contribution in [0.1, 0.15) is 34.6 Å². The topological polar surface area (TPSA) is 152 Å². The van der Waals surface area contributed by atoms with Gasteiger partial charge in [-0.15, -0.1) is 0 Å². The van der Waals surface area contributed by atoms with Gasteiger partial charge < -0.3 is 40.0 Å². The number of hydrogen-bond acceptors (Lipinski definition) is 6. The Hall–Kier alpha value is -3.31. The number of carbonyl (C=O) groups excluding carboxylic acids is 3. The fourth-order valence-corrected chi connectivity index (χ4v) is 4.14. The van der Waals surface area contributed by atoms with E-state index in [0.717, 1.165) is 4.90 Å². The number of nitrogens with zero attached hydrogens (tertiary/aromatic N) is 3. The third kappa shape index (κ3) is 8.13. The first-order chi connectivity index (χ1) is 16.8. The second-order valence-corrected chi connectivity index (χ2v) is 10.2. The minimum Gasteiger partial charge on any atom is -0.444 e. The van der Waals surface area contributed by atoms with E-state index in [2.05, 4.69) is 5.32 Å². The summed E-state index contributed by atoms with van der Waals surface area (Å²) in [6.45, 7) is 8.80. The zero-order valence-electron chi connectivity index (χ0n) is 21.5. The Morgan fingerprint density at radius 1 is 1.00 bits per heavy atom. The normalized spacial score (nSPS) is 16.0. The third-order valence-corrected chi connectivity index (χ3v) is 5.75. The molecule has 36 heavy (non-hydrogen) atoms. The van der Waals surface area contributed by atoms with Crippen LogP contribution in [0.4, 0.5) is 4.79 Å². The molecule has 0 fully saturated rings. The largest absolute Gasteiger partial charge is 0.444 e. The molecule has 0 saturated heterocycles. The molecule has 11 nitrogen and oxygen atoms in total. The van der Waals surface area contributed by atoms with Crippen LogP contribution < -0.4 is 11.1 Å². The molecule has 11 heteroatoms. The third-order valence-electron chi connectivity index (χ3n) is 5.75. The van der Waals surface area contributed by atoms with E-state index in [4.69, 9.17) is 10.5 Å². The second kappa shape index (κ2) is 12.6. The average Bonchev–Trinajstić information content (AvgIpc) is 3.46. The van der Waals surface area contributed by atoms with E-state index in [1.807, 2.05) is 0 Å². The maximum Gasteiger partial charge on any atom is 0.408 e. The lowest BCUT2D eigenvalue weighted by molar-refractivity contribution is -0.141. The molecular weight excluding hydrogens is 466 g/mol. The zero-order chi connectivity index (χ0) is 27.0. The highest BCUT2D eigenvalue weighted by Gasteiger charge is 2.41. The number of rotatable bonds is 13. The number of nitrogens with one attached hydrogen (secondary N) is 1. The van der Waals surface area contributed by atoms with E-state index in [9.17, 15) is 24.6 Å². The Labute approximate surface area is 211 Å². The Kier molecular flexibility index (Phi) is 10.1. The van der Waals surface area contributed by atoms with Gasteiger partial charge in [-0.1, -0.05) is 13.8 Å². The number of carbonyl (C=O) groups is 3. The van der Waals surface area contributed by atoms with Crippen molar-refractivity contribution in [2.24, 2.45) is 11.7 Å². The van der Waals surface area contributed by atoms with E-state index in [0.29, 0.717) is 6.41 Å². The quantitative estimate of drug-likeness (QED) is 0.297. The predicted molar refractivity (Wildman–Crippen MR) is 134 cm³/mol. The molecule has 0 unspecified atom stereocenters. The van der Waals surface area contributed by atoms with Crippen molar-refractivity contribution < 1.29 is 29.3 Å². The fraction of sp³-hybridized carbons (Fsp3) is 0.560. The molecule has 0 aliphatic heterocycles. The first-order valence-electron chi connectivity index (χ1n) is 11.9. The van der Waals surface area contributed by atoms with Gasteiger partial charge in [0.2, 0.25) is 12.3 Å². The van der Waals surface area contributed by atoms with Crippen molar-refractivity contribution in [3.05, 3.63) is 49.1 Å². The van der Waals surface area contributed by atoms with Crippen molar-refractivity contribution in [2.45, 2.75) is 83.6 Å². The van der Waals surface area contributed by atoms with Gasteiger partial charge >= 0.3 is 6.09 Å². The summed E-state index contributed by atoms with van der Waals surface area (Å²) in [7, 11) is 0. The van der Waals surface area contributed by atoms with E-state index >= 15 is 0 Å². The maximum atomic E-state index is 12.6. The number of alkyl carbamates (subject to hydrolysis) is 1. The molecule has 2 rings (SSSR count). The van der Waals surface area contributed by atoms with E-state index in [1.165, 1.54) is 0 Å². The summed E-state index contributed by atoms with van der Waals surface area (Å²) in [5.41, 5.74) is 4.83. The lowest BCUT2D eigenvalue weighted by Crippen LogP contribution is -2.62.